The molecular formula is C24H21F3N4O3. The lowest BCUT2D eigenvalue weighted by Crippen LogP contribution is -2.32. The van der Waals surface area contributed by atoms with E-state index < -0.39 is 23.0 Å². The van der Waals surface area contributed by atoms with Crippen LogP contribution >= 0.6 is 0 Å². The number of halogens is 3. The minimum absolute atomic E-state index is 0.167. The second-order valence-corrected chi connectivity index (χ2v) is 8.26. The summed E-state index contributed by atoms with van der Waals surface area (Å²) in [5, 5.41) is 0. The molecule has 1 saturated heterocycles. The van der Waals surface area contributed by atoms with Gasteiger partial charge in [-0.25, -0.2) is 9.78 Å². The fourth-order valence-corrected chi connectivity index (χ4v) is 4.28. The molecule has 1 aliphatic heterocycles. The number of alkyl halides is 3. The van der Waals surface area contributed by atoms with E-state index in [-0.39, 0.29) is 23.8 Å². The normalized spacial score (nSPS) is 16.4. The van der Waals surface area contributed by atoms with Gasteiger partial charge in [-0.2, -0.15) is 13.2 Å². The molecule has 1 atom stereocenters. The fraction of sp³-hybridized carbons (Fsp3) is 0.292. The van der Waals surface area contributed by atoms with E-state index in [9.17, 15) is 22.8 Å². The van der Waals surface area contributed by atoms with Gasteiger partial charge >= 0.3 is 11.9 Å². The van der Waals surface area contributed by atoms with E-state index in [0.29, 0.717) is 24.5 Å². The van der Waals surface area contributed by atoms with Crippen LogP contribution in [0.2, 0.25) is 0 Å². The van der Waals surface area contributed by atoms with Crippen molar-refractivity contribution in [1.29, 1.82) is 0 Å². The summed E-state index contributed by atoms with van der Waals surface area (Å²) in [5.41, 5.74) is -0.402. The van der Waals surface area contributed by atoms with Gasteiger partial charge in [0.05, 0.1) is 24.8 Å². The molecule has 2 aromatic heterocycles. The third-order valence-corrected chi connectivity index (χ3v) is 5.95. The number of ether oxygens (including phenoxy) is 1. The van der Waals surface area contributed by atoms with Crippen molar-refractivity contribution in [3.05, 3.63) is 86.6 Å². The van der Waals surface area contributed by atoms with Crippen LogP contribution in [0.5, 0.6) is 0 Å². The van der Waals surface area contributed by atoms with Gasteiger partial charge in [0.2, 0.25) is 0 Å². The molecule has 4 aromatic rings. The minimum Gasteiger partial charge on any atom is -0.376 e. The third kappa shape index (κ3) is 4.16. The molecule has 176 valence electrons. The van der Waals surface area contributed by atoms with E-state index in [1.165, 1.54) is 16.7 Å². The maximum Gasteiger partial charge on any atom is 0.416 e. The fourth-order valence-electron chi connectivity index (χ4n) is 4.28. The van der Waals surface area contributed by atoms with Crippen LogP contribution in [-0.4, -0.2) is 31.8 Å². The van der Waals surface area contributed by atoms with Gasteiger partial charge < -0.3 is 9.30 Å². The van der Waals surface area contributed by atoms with E-state index in [4.69, 9.17) is 4.74 Å². The van der Waals surface area contributed by atoms with Gasteiger partial charge in [-0.1, -0.05) is 42.5 Å². The van der Waals surface area contributed by atoms with Crippen molar-refractivity contribution in [2.75, 3.05) is 6.61 Å². The second kappa shape index (κ2) is 8.60. The molecule has 3 heterocycles. The molecule has 0 spiro atoms. The Morgan fingerprint density at radius 1 is 1.03 bits per heavy atom. The van der Waals surface area contributed by atoms with Gasteiger partial charge in [-0.05, 0) is 30.5 Å². The van der Waals surface area contributed by atoms with Crippen molar-refractivity contribution in [2.24, 2.45) is 0 Å². The first-order valence-electron chi connectivity index (χ1n) is 10.9. The van der Waals surface area contributed by atoms with Gasteiger partial charge in [0, 0.05) is 12.2 Å². The van der Waals surface area contributed by atoms with Crippen LogP contribution in [0.1, 0.15) is 24.0 Å². The van der Waals surface area contributed by atoms with Gasteiger partial charge in [-0.15, -0.1) is 0 Å². The predicted molar refractivity (Wildman–Crippen MR) is 120 cm³/mol. The summed E-state index contributed by atoms with van der Waals surface area (Å²) in [5.74, 6) is 0.303. The van der Waals surface area contributed by atoms with Crippen molar-refractivity contribution >= 4 is 11.2 Å². The van der Waals surface area contributed by atoms with E-state index in [2.05, 4.69) is 9.97 Å². The average molecular weight is 470 g/mol. The number of rotatable bonds is 5. The number of H-pyrrole nitrogens is 1. The topological polar surface area (TPSA) is 81.9 Å². The van der Waals surface area contributed by atoms with Crippen LogP contribution < -0.4 is 11.2 Å². The Bertz CT molecular complexity index is 1430. The molecule has 2 aromatic carbocycles. The molecule has 0 unspecified atom stereocenters. The number of nitrogens with one attached hydrogen (secondary N) is 1. The Morgan fingerprint density at radius 3 is 2.41 bits per heavy atom. The largest absolute Gasteiger partial charge is 0.416 e. The Balaban J connectivity index is 1.70. The second-order valence-electron chi connectivity index (χ2n) is 8.26. The predicted octanol–water partition coefficient (Wildman–Crippen LogP) is 3.80. The van der Waals surface area contributed by atoms with Gasteiger partial charge in [-0.3, -0.25) is 14.3 Å². The first-order chi connectivity index (χ1) is 16.3. The minimum atomic E-state index is -4.47. The van der Waals surface area contributed by atoms with Crippen LogP contribution in [-0.2, 0) is 24.0 Å². The molecule has 0 aliphatic carbocycles. The Labute approximate surface area is 191 Å². The molecule has 0 radical (unpaired) electrons. The molecule has 7 nitrogen and oxygen atoms in total. The van der Waals surface area contributed by atoms with Gasteiger partial charge in [0.1, 0.15) is 5.82 Å². The lowest BCUT2D eigenvalue weighted by molar-refractivity contribution is -0.137. The smallest absolute Gasteiger partial charge is 0.376 e. The average Bonchev–Trinajstić information content (AvgIpc) is 3.45. The number of aromatic nitrogens is 4. The number of imidazole rings is 1. The SMILES string of the molecule is O=c1[nH]c(=O)n(Cc2ccccc2)c2nc(-c3ccc(C(F)(F)F)cc3)n(C[C@H]3CCCO3)c12. The van der Waals surface area contributed by atoms with Crippen molar-refractivity contribution in [1.82, 2.24) is 19.1 Å². The highest BCUT2D eigenvalue weighted by molar-refractivity contribution is 5.77. The zero-order chi connectivity index (χ0) is 23.9. The van der Waals surface area contributed by atoms with Crippen LogP contribution in [0.15, 0.2) is 64.2 Å². The van der Waals surface area contributed by atoms with Gasteiger partial charge in [0.15, 0.2) is 11.2 Å². The molecule has 0 saturated carbocycles. The molecular weight excluding hydrogens is 449 g/mol. The van der Waals surface area contributed by atoms with Crippen LogP contribution in [0.4, 0.5) is 13.2 Å². The summed E-state index contributed by atoms with van der Waals surface area (Å²) >= 11 is 0. The highest BCUT2D eigenvalue weighted by Crippen LogP contribution is 2.32. The monoisotopic (exact) mass is 470 g/mol. The zero-order valence-electron chi connectivity index (χ0n) is 18.0. The molecule has 0 bridgehead atoms. The maximum absolute atomic E-state index is 13.1. The summed E-state index contributed by atoms with van der Waals surface area (Å²) in [6.07, 6.45) is -2.97. The molecule has 1 fully saturated rings. The molecule has 0 amide bonds. The highest BCUT2D eigenvalue weighted by Gasteiger charge is 2.30. The summed E-state index contributed by atoms with van der Waals surface area (Å²) in [7, 11) is 0. The molecule has 34 heavy (non-hydrogen) atoms. The van der Waals surface area contributed by atoms with Crippen LogP contribution in [0.3, 0.4) is 0 Å². The summed E-state index contributed by atoms with van der Waals surface area (Å²) in [6, 6.07) is 13.8. The number of fused-ring (bicyclic) bond motifs is 1. The Morgan fingerprint density at radius 2 is 1.76 bits per heavy atom. The number of benzene rings is 2. The third-order valence-electron chi connectivity index (χ3n) is 5.95. The first-order valence-corrected chi connectivity index (χ1v) is 10.9. The number of hydrogen-bond donors (Lipinski definition) is 1. The zero-order valence-corrected chi connectivity index (χ0v) is 18.0. The lowest BCUT2D eigenvalue weighted by Gasteiger charge is -2.14. The summed E-state index contributed by atoms with van der Waals surface area (Å²) in [4.78, 5) is 32.6. The quantitative estimate of drug-likeness (QED) is 0.481. The first kappa shape index (κ1) is 22.1. The Kier molecular flexibility index (Phi) is 5.60. The van der Waals surface area contributed by atoms with E-state index >= 15 is 0 Å². The van der Waals surface area contributed by atoms with E-state index in [1.54, 1.807) is 4.57 Å². The molecule has 10 heteroatoms. The van der Waals surface area contributed by atoms with Crippen LogP contribution in [0.25, 0.3) is 22.6 Å². The van der Waals surface area contributed by atoms with E-state index in [0.717, 1.165) is 30.5 Å². The summed E-state index contributed by atoms with van der Waals surface area (Å²) in [6.45, 7) is 1.07. The Hall–Kier alpha value is -3.66. The number of aromatic amines is 1. The maximum atomic E-state index is 13.1. The summed E-state index contributed by atoms with van der Waals surface area (Å²) < 4.78 is 48.0. The molecule has 5 rings (SSSR count). The van der Waals surface area contributed by atoms with E-state index in [1.807, 2.05) is 30.3 Å². The number of hydrogen-bond acceptors (Lipinski definition) is 4. The van der Waals surface area contributed by atoms with Gasteiger partial charge in [0.25, 0.3) is 5.56 Å². The highest BCUT2D eigenvalue weighted by atomic mass is 19.4. The van der Waals surface area contributed by atoms with Crippen molar-refractivity contribution < 1.29 is 17.9 Å². The van der Waals surface area contributed by atoms with Crippen molar-refractivity contribution in [3.63, 3.8) is 0 Å². The number of nitrogens with zero attached hydrogens (tertiary/aromatic N) is 3. The molecule has 1 N–H and O–H groups in total. The standard InChI is InChI=1S/C24H21F3N4O3/c25-24(26,27)17-10-8-16(9-11-17)20-28-21-19(30(20)14-18-7-4-12-34-18)22(32)29-23(33)31(21)13-15-5-2-1-3-6-15/h1-3,5-6,8-11,18H,4,7,12-14H2,(H,29,32,33)/t18-/m1/s1. The lowest BCUT2D eigenvalue weighted by atomic mass is 10.1. The molecule has 1 aliphatic rings. The van der Waals surface area contributed by atoms with Crippen LogP contribution in [0, 0.1) is 0 Å². The van der Waals surface area contributed by atoms with Crippen molar-refractivity contribution in [2.45, 2.75) is 38.2 Å². The van der Waals surface area contributed by atoms with Crippen molar-refractivity contribution in [3.8, 4) is 11.4 Å².